The molecule has 1 aromatic rings. The Morgan fingerprint density at radius 3 is 3.19 bits per heavy atom. The van der Waals surface area contributed by atoms with Gasteiger partial charge in [-0.05, 0) is 19.1 Å². The summed E-state index contributed by atoms with van der Waals surface area (Å²) in [6, 6.07) is 8.38. The first-order valence-corrected chi connectivity index (χ1v) is 6.00. The van der Waals surface area contributed by atoms with Gasteiger partial charge in [-0.15, -0.1) is 0 Å². The highest BCUT2D eigenvalue weighted by Gasteiger charge is 2.37. The lowest BCUT2D eigenvalue weighted by molar-refractivity contribution is 0.262. The monoisotopic (exact) mass is 218 g/mol. The minimum Gasteiger partial charge on any atom is -0.491 e. The minimum absolute atomic E-state index is 0.199. The van der Waals surface area contributed by atoms with Crippen molar-refractivity contribution in [3.05, 3.63) is 24.3 Å². The van der Waals surface area contributed by atoms with E-state index >= 15 is 0 Å². The zero-order chi connectivity index (χ0) is 11.0. The first-order valence-electron chi connectivity index (χ1n) is 6.00. The average Bonchev–Trinajstić information content (AvgIpc) is 2.45. The van der Waals surface area contributed by atoms with Crippen molar-refractivity contribution >= 4 is 5.69 Å². The van der Waals surface area contributed by atoms with Crippen molar-refractivity contribution in [3.63, 3.8) is 0 Å². The fourth-order valence-corrected chi connectivity index (χ4v) is 2.73. The molecule has 3 nitrogen and oxygen atoms in total. The molecule has 2 heterocycles. The molecule has 2 aliphatic rings. The number of rotatable bonds is 0. The molecule has 0 bridgehead atoms. The summed E-state index contributed by atoms with van der Waals surface area (Å²) >= 11 is 0. The van der Waals surface area contributed by atoms with Crippen molar-refractivity contribution < 1.29 is 4.74 Å². The van der Waals surface area contributed by atoms with Crippen LogP contribution in [0.2, 0.25) is 0 Å². The van der Waals surface area contributed by atoms with Gasteiger partial charge in [0.1, 0.15) is 5.75 Å². The molecular formula is C13H18N2O. The number of fused-ring (bicyclic) bond motifs is 3. The summed E-state index contributed by atoms with van der Waals surface area (Å²) in [6.45, 7) is 6.31. The van der Waals surface area contributed by atoms with Gasteiger partial charge in [-0.1, -0.05) is 12.1 Å². The van der Waals surface area contributed by atoms with E-state index in [1.165, 1.54) is 5.69 Å². The molecule has 1 fully saturated rings. The number of para-hydroxylation sites is 2. The van der Waals surface area contributed by atoms with Gasteiger partial charge in [-0.25, -0.2) is 0 Å². The van der Waals surface area contributed by atoms with Gasteiger partial charge in [0.2, 0.25) is 0 Å². The van der Waals surface area contributed by atoms with E-state index in [9.17, 15) is 0 Å². The number of ether oxygens (including phenoxy) is 1. The van der Waals surface area contributed by atoms with Crippen molar-refractivity contribution in [2.24, 2.45) is 0 Å². The Kier molecular flexibility index (Phi) is 2.28. The van der Waals surface area contributed by atoms with Crippen molar-refractivity contribution in [1.82, 2.24) is 5.32 Å². The number of benzene rings is 1. The predicted octanol–water partition coefficient (Wildman–Crippen LogP) is 1.64. The molecule has 0 spiro atoms. The summed E-state index contributed by atoms with van der Waals surface area (Å²) in [5.41, 5.74) is 1.45. The second-order valence-corrected chi connectivity index (χ2v) is 4.89. The molecular weight excluding hydrogens is 200 g/mol. The third-order valence-corrected chi connectivity index (χ3v) is 3.72. The van der Waals surface area contributed by atoms with E-state index in [0.717, 1.165) is 38.4 Å². The smallest absolute Gasteiger partial charge is 0.142 e. The zero-order valence-electron chi connectivity index (χ0n) is 9.70. The Bertz CT molecular complexity index is 393. The number of hydrogen-bond donors (Lipinski definition) is 1. The molecule has 1 N–H and O–H groups in total. The molecule has 1 aromatic carbocycles. The maximum Gasteiger partial charge on any atom is 0.142 e. The van der Waals surface area contributed by atoms with Crippen LogP contribution in [0.4, 0.5) is 5.69 Å². The van der Waals surface area contributed by atoms with Crippen LogP contribution in [0, 0.1) is 0 Å². The van der Waals surface area contributed by atoms with E-state index in [4.69, 9.17) is 4.74 Å². The molecule has 0 amide bonds. The maximum absolute atomic E-state index is 5.84. The zero-order valence-corrected chi connectivity index (χ0v) is 9.70. The normalized spacial score (nSPS) is 28.7. The van der Waals surface area contributed by atoms with Crippen molar-refractivity contribution in [2.75, 3.05) is 31.1 Å². The van der Waals surface area contributed by atoms with Gasteiger partial charge in [0.15, 0.2) is 0 Å². The molecule has 0 aromatic heterocycles. The summed E-state index contributed by atoms with van der Waals surface area (Å²) in [5, 5.41) is 3.49. The van der Waals surface area contributed by atoms with Gasteiger partial charge >= 0.3 is 0 Å². The van der Waals surface area contributed by atoms with Crippen molar-refractivity contribution in [2.45, 2.75) is 18.9 Å². The second kappa shape index (κ2) is 3.67. The Balaban J connectivity index is 2.06. The van der Waals surface area contributed by atoms with E-state index < -0.39 is 0 Å². The van der Waals surface area contributed by atoms with Crippen LogP contribution >= 0.6 is 0 Å². The SMILES string of the molecule is C[C@@]12CCOc3ccccc3N1CCNC2. The quantitative estimate of drug-likeness (QED) is 0.716. The van der Waals surface area contributed by atoms with Gasteiger partial charge in [0, 0.05) is 26.1 Å². The molecule has 86 valence electrons. The lowest BCUT2D eigenvalue weighted by Crippen LogP contribution is -2.59. The van der Waals surface area contributed by atoms with Crippen LogP contribution in [0.25, 0.3) is 0 Å². The Labute approximate surface area is 96.4 Å². The Morgan fingerprint density at radius 1 is 1.38 bits per heavy atom. The van der Waals surface area contributed by atoms with E-state index in [2.05, 4.69) is 35.3 Å². The number of nitrogens with one attached hydrogen (secondary N) is 1. The molecule has 3 rings (SSSR count). The first-order chi connectivity index (χ1) is 7.80. The summed E-state index contributed by atoms with van der Waals surface area (Å²) in [4.78, 5) is 2.51. The molecule has 3 heteroatoms. The summed E-state index contributed by atoms with van der Waals surface area (Å²) in [7, 11) is 0. The molecule has 1 atom stereocenters. The third kappa shape index (κ3) is 1.47. The van der Waals surface area contributed by atoms with Gasteiger partial charge in [-0.3, -0.25) is 0 Å². The molecule has 16 heavy (non-hydrogen) atoms. The fourth-order valence-electron chi connectivity index (χ4n) is 2.73. The molecule has 0 aliphatic carbocycles. The minimum atomic E-state index is 0.199. The van der Waals surface area contributed by atoms with Crippen LogP contribution < -0.4 is 15.0 Å². The number of anilines is 1. The first kappa shape index (κ1) is 9.97. The second-order valence-electron chi connectivity index (χ2n) is 4.89. The van der Waals surface area contributed by atoms with Crippen LogP contribution in [0.1, 0.15) is 13.3 Å². The highest BCUT2D eigenvalue weighted by atomic mass is 16.5. The maximum atomic E-state index is 5.84. The van der Waals surface area contributed by atoms with E-state index in [0.29, 0.717) is 0 Å². The Morgan fingerprint density at radius 2 is 2.25 bits per heavy atom. The lowest BCUT2D eigenvalue weighted by atomic mass is 9.93. The fraction of sp³-hybridized carbons (Fsp3) is 0.538. The van der Waals surface area contributed by atoms with Gasteiger partial charge in [0.05, 0.1) is 17.8 Å². The molecule has 0 unspecified atom stereocenters. The van der Waals surface area contributed by atoms with Gasteiger partial charge in [-0.2, -0.15) is 0 Å². The van der Waals surface area contributed by atoms with E-state index in [1.807, 2.05) is 6.07 Å². The highest BCUT2D eigenvalue weighted by Crippen LogP contribution is 2.37. The standard InChI is InChI=1S/C13H18N2O/c1-13-6-9-16-12-5-3-2-4-11(12)15(13)8-7-14-10-13/h2-5,14H,6-10H2,1H3/t13-/m0/s1. The van der Waals surface area contributed by atoms with Crippen LogP contribution in [0.5, 0.6) is 5.75 Å². The van der Waals surface area contributed by atoms with Crippen LogP contribution in [-0.2, 0) is 0 Å². The molecule has 0 saturated carbocycles. The summed E-state index contributed by atoms with van der Waals surface area (Å²) in [6.07, 6.45) is 1.08. The number of nitrogens with zero attached hydrogens (tertiary/aromatic N) is 1. The third-order valence-electron chi connectivity index (χ3n) is 3.72. The Hall–Kier alpha value is -1.22. The lowest BCUT2D eigenvalue weighted by Gasteiger charge is -2.45. The summed E-state index contributed by atoms with van der Waals surface area (Å²) < 4.78 is 5.84. The topological polar surface area (TPSA) is 24.5 Å². The number of piperazine rings is 1. The highest BCUT2D eigenvalue weighted by molar-refractivity contribution is 5.61. The van der Waals surface area contributed by atoms with E-state index in [-0.39, 0.29) is 5.54 Å². The number of hydrogen-bond acceptors (Lipinski definition) is 3. The molecule has 1 saturated heterocycles. The van der Waals surface area contributed by atoms with Crippen molar-refractivity contribution in [1.29, 1.82) is 0 Å². The van der Waals surface area contributed by atoms with Crippen LogP contribution in [0.15, 0.2) is 24.3 Å². The van der Waals surface area contributed by atoms with Crippen LogP contribution in [0.3, 0.4) is 0 Å². The van der Waals surface area contributed by atoms with Crippen molar-refractivity contribution in [3.8, 4) is 5.75 Å². The molecule has 2 aliphatic heterocycles. The average molecular weight is 218 g/mol. The largest absolute Gasteiger partial charge is 0.491 e. The van der Waals surface area contributed by atoms with Gasteiger partial charge in [0.25, 0.3) is 0 Å². The van der Waals surface area contributed by atoms with Gasteiger partial charge < -0.3 is 15.0 Å². The summed E-state index contributed by atoms with van der Waals surface area (Å²) in [5.74, 6) is 1.04. The predicted molar refractivity (Wildman–Crippen MR) is 65.2 cm³/mol. The molecule has 0 radical (unpaired) electrons. The van der Waals surface area contributed by atoms with E-state index in [1.54, 1.807) is 0 Å². The van der Waals surface area contributed by atoms with Crippen LogP contribution in [-0.4, -0.2) is 31.8 Å².